The monoisotopic (exact) mass is 899 g/mol. The Bertz CT molecular complexity index is 1600. The minimum atomic E-state index is -2.17. The largest absolute Gasteiger partial charge is 0.469 e. The lowest BCUT2D eigenvalue weighted by Crippen LogP contribution is -2.68. The van der Waals surface area contributed by atoms with Crippen molar-refractivity contribution in [2.24, 2.45) is 40.4 Å². The van der Waals surface area contributed by atoms with Gasteiger partial charge >= 0.3 is 17.9 Å². The number of carbonyl (C=O) groups excluding carboxylic acids is 4. The van der Waals surface area contributed by atoms with Gasteiger partial charge in [-0.15, -0.1) is 0 Å². The topological polar surface area (TPSA) is 149 Å². The van der Waals surface area contributed by atoms with Gasteiger partial charge in [0.05, 0.1) is 24.4 Å². The molecule has 11 unspecified atom stereocenters. The van der Waals surface area contributed by atoms with Gasteiger partial charge in [0, 0.05) is 24.2 Å². The maximum atomic E-state index is 15.7. The number of aliphatic hydroxyl groups excluding tert-OH is 1. The molecular weight excluding hydrogens is 809 g/mol. The molecule has 0 aromatic carbocycles. The maximum Gasteiger partial charge on any atom is 0.309 e. The second kappa shape index (κ2) is 22.7. The SMILES string of the molecule is CCCCCCCCCCCC(=O)OC12CC(C)C34C=C(C)C(OC(=O)C(C)C(C)C)C3(O)C(O)C3(CCCCCCCCCCCCCCCC(=O)OC)OC3C(C4=O)C1C2(C)C. The summed E-state index contributed by atoms with van der Waals surface area (Å²) in [6.07, 6.45) is 24.7. The molecule has 64 heavy (non-hydrogen) atoms. The van der Waals surface area contributed by atoms with E-state index in [0.29, 0.717) is 31.3 Å². The number of aliphatic hydroxyl groups is 2. The van der Waals surface area contributed by atoms with Crippen LogP contribution in [0.2, 0.25) is 0 Å². The molecule has 10 nitrogen and oxygen atoms in total. The number of fused-ring (bicyclic) bond motifs is 5. The lowest BCUT2D eigenvalue weighted by molar-refractivity contribution is -0.223. The summed E-state index contributed by atoms with van der Waals surface area (Å²) >= 11 is 0. The summed E-state index contributed by atoms with van der Waals surface area (Å²) in [5.41, 5.74) is -5.84. The van der Waals surface area contributed by atoms with Crippen LogP contribution in [0.15, 0.2) is 11.6 Å². The van der Waals surface area contributed by atoms with Crippen molar-refractivity contribution in [1.29, 1.82) is 0 Å². The van der Waals surface area contributed by atoms with E-state index in [9.17, 15) is 24.6 Å². The molecule has 3 saturated carbocycles. The van der Waals surface area contributed by atoms with Gasteiger partial charge in [0.1, 0.15) is 23.4 Å². The van der Waals surface area contributed by atoms with Crippen molar-refractivity contribution >= 4 is 23.7 Å². The van der Waals surface area contributed by atoms with Gasteiger partial charge in [-0.1, -0.05) is 183 Å². The molecule has 2 bridgehead atoms. The summed E-state index contributed by atoms with van der Waals surface area (Å²) in [6.45, 7) is 15.9. The van der Waals surface area contributed by atoms with Crippen molar-refractivity contribution in [3.8, 4) is 0 Å². The highest BCUT2D eigenvalue weighted by atomic mass is 16.6. The molecule has 366 valence electrons. The minimum Gasteiger partial charge on any atom is -0.469 e. The number of esters is 3. The Labute approximate surface area is 387 Å². The third kappa shape index (κ3) is 10.5. The number of methoxy groups -OCH3 is 1. The molecule has 10 heteroatoms. The zero-order chi connectivity index (χ0) is 46.9. The van der Waals surface area contributed by atoms with Crippen LogP contribution in [-0.4, -0.2) is 76.1 Å². The molecule has 1 spiro atoms. The van der Waals surface area contributed by atoms with E-state index in [-0.39, 0.29) is 29.6 Å². The van der Waals surface area contributed by atoms with Crippen molar-refractivity contribution in [3.63, 3.8) is 0 Å². The highest BCUT2D eigenvalue weighted by Crippen LogP contribution is 2.78. The van der Waals surface area contributed by atoms with Gasteiger partial charge in [0.2, 0.25) is 0 Å². The zero-order valence-electron chi connectivity index (χ0n) is 41.7. The number of hydrogen-bond acceptors (Lipinski definition) is 10. The van der Waals surface area contributed by atoms with Crippen molar-refractivity contribution in [2.75, 3.05) is 7.11 Å². The van der Waals surface area contributed by atoms with Gasteiger partial charge in [0.15, 0.2) is 17.5 Å². The molecule has 1 heterocycles. The fourth-order valence-corrected chi connectivity index (χ4v) is 12.8. The number of hydrogen-bond donors (Lipinski definition) is 2. The third-order valence-corrected chi connectivity index (χ3v) is 17.2. The van der Waals surface area contributed by atoms with E-state index in [2.05, 4.69) is 20.8 Å². The van der Waals surface area contributed by atoms with Crippen LogP contribution in [0.3, 0.4) is 0 Å². The van der Waals surface area contributed by atoms with E-state index in [4.69, 9.17) is 18.9 Å². The molecule has 0 aromatic heterocycles. The number of ketones is 1. The lowest BCUT2D eigenvalue weighted by Gasteiger charge is -2.50. The molecule has 11 atom stereocenters. The van der Waals surface area contributed by atoms with Crippen LogP contribution in [0.5, 0.6) is 0 Å². The summed E-state index contributed by atoms with van der Waals surface area (Å²) in [4.78, 5) is 54.5. The summed E-state index contributed by atoms with van der Waals surface area (Å²) in [5, 5.41) is 26.3. The summed E-state index contributed by atoms with van der Waals surface area (Å²) < 4.78 is 24.3. The minimum absolute atomic E-state index is 0.00747. The van der Waals surface area contributed by atoms with Crippen molar-refractivity contribution in [1.82, 2.24) is 0 Å². The van der Waals surface area contributed by atoms with Gasteiger partial charge in [-0.25, -0.2) is 0 Å². The van der Waals surface area contributed by atoms with Crippen molar-refractivity contribution in [2.45, 2.75) is 257 Å². The molecule has 5 aliphatic rings. The van der Waals surface area contributed by atoms with Gasteiger partial charge < -0.3 is 29.2 Å². The Balaban J connectivity index is 1.26. The van der Waals surface area contributed by atoms with E-state index in [0.717, 1.165) is 64.2 Å². The molecule has 0 aromatic rings. The molecule has 1 aliphatic heterocycles. The summed E-state index contributed by atoms with van der Waals surface area (Å²) in [7, 11) is 1.44. The van der Waals surface area contributed by atoms with E-state index in [1.54, 1.807) is 6.92 Å². The second-order valence-electron chi connectivity index (χ2n) is 22.1. The van der Waals surface area contributed by atoms with E-state index >= 15 is 4.79 Å². The fourth-order valence-electron chi connectivity index (χ4n) is 12.8. The first kappa shape index (κ1) is 52.7. The first-order valence-electron chi connectivity index (χ1n) is 26.3. The van der Waals surface area contributed by atoms with Crippen LogP contribution in [-0.2, 0) is 38.1 Å². The number of ether oxygens (including phenoxy) is 4. The molecule has 0 amide bonds. The first-order chi connectivity index (χ1) is 30.4. The number of unbranched alkanes of at least 4 members (excludes halogenated alkanes) is 20. The number of rotatable bonds is 30. The Morgan fingerprint density at radius 1 is 0.781 bits per heavy atom. The normalized spacial score (nSPS) is 33.6. The highest BCUT2D eigenvalue weighted by Gasteiger charge is 2.90. The van der Waals surface area contributed by atoms with E-state index < -0.39 is 69.7 Å². The van der Waals surface area contributed by atoms with Gasteiger partial charge in [-0.05, 0) is 50.0 Å². The number of carbonyl (C=O) groups is 4. The molecule has 4 aliphatic carbocycles. The Hall–Kier alpha value is -2.30. The average molecular weight is 899 g/mol. The number of epoxide rings is 1. The standard InChI is InChI=1S/C54H90O10/c1-10-11-12-13-14-20-24-27-30-33-42(56)63-53-36-39(5)51-35-38(4)46(62-48(58)40(6)37(2)3)54(51,60)49(59)52(47(64-52)43(45(51)57)44(53)50(53,7)8)34-31-28-25-22-19-17-15-16-18-21-23-26-29-32-41(55)61-9/h35,37,39-40,43-44,46-47,49,59-60H,10-34,36H2,1-9H3. The van der Waals surface area contributed by atoms with Crippen LogP contribution in [0, 0.1) is 40.4 Å². The van der Waals surface area contributed by atoms with Gasteiger partial charge in [-0.3, -0.25) is 19.2 Å². The summed E-state index contributed by atoms with van der Waals surface area (Å²) in [5.74, 6) is -3.08. The molecule has 5 rings (SSSR count). The zero-order valence-corrected chi connectivity index (χ0v) is 41.7. The molecular formula is C54H90O10. The van der Waals surface area contributed by atoms with Crippen LogP contribution in [0.4, 0.5) is 0 Å². The van der Waals surface area contributed by atoms with Crippen LogP contribution < -0.4 is 0 Å². The predicted octanol–water partition coefficient (Wildman–Crippen LogP) is 11.5. The Kier molecular flexibility index (Phi) is 18.7. The number of Topliss-reactive ketones (excluding diaryl/α,β-unsaturated/α-hetero) is 1. The molecule has 2 N–H and O–H groups in total. The molecule has 1 saturated heterocycles. The van der Waals surface area contributed by atoms with Crippen molar-refractivity contribution in [3.05, 3.63) is 11.6 Å². The average Bonchev–Trinajstić information content (AvgIpc) is 4.07. The van der Waals surface area contributed by atoms with Crippen LogP contribution in [0.25, 0.3) is 0 Å². The summed E-state index contributed by atoms with van der Waals surface area (Å²) in [6, 6.07) is 0. The Morgan fingerprint density at radius 3 is 1.77 bits per heavy atom. The van der Waals surface area contributed by atoms with Gasteiger partial charge in [0.25, 0.3) is 0 Å². The smallest absolute Gasteiger partial charge is 0.309 e. The second-order valence-corrected chi connectivity index (χ2v) is 22.1. The fraction of sp³-hybridized carbons (Fsp3) is 0.889. The quantitative estimate of drug-likeness (QED) is 0.0235. The lowest BCUT2D eigenvalue weighted by atomic mass is 9.58. The predicted molar refractivity (Wildman–Crippen MR) is 250 cm³/mol. The third-order valence-electron chi connectivity index (χ3n) is 17.2. The van der Waals surface area contributed by atoms with E-state index in [1.807, 2.05) is 33.8 Å². The van der Waals surface area contributed by atoms with Crippen LogP contribution in [0.1, 0.15) is 222 Å². The first-order valence-corrected chi connectivity index (χ1v) is 26.3. The van der Waals surface area contributed by atoms with E-state index in [1.165, 1.54) is 84.2 Å². The van der Waals surface area contributed by atoms with Gasteiger partial charge in [-0.2, -0.15) is 0 Å². The maximum absolute atomic E-state index is 15.7. The molecule has 4 fully saturated rings. The molecule has 0 radical (unpaired) electrons. The Morgan fingerprint density at radius 2 is 1.27 bits per heavy atom. The highest BCUT2D eigenvalue weighted by molar-refractivity contribution is 5.95. The van der Waals surface area contributed by atoms with Crippen molar-refractivity contribution < 1.29 is 48.3 Å². The van der Waals surface area contributed by atoms with Crippen LogP contribution >= 0.6 is 0 Å².